The lowest BCUT2D eigenvalue weighted by Crippen LogP contribution is -2.37. The van der Waals surface area contributed by atoms with Crippen LogP contribution < -0.4 is 10.0 Å². The minimum absolute atomic E-state index is 0.0807. The van der Waals surface area contributed by atoms with E-state index in [4.69, 9.17) is 10.8 Å². The fourth-order valence-corrected chi connectivity index (χ4v) is 3.45. The summed E-state index contributed by atoms with van der Waals surface area (Å²) in [6, 6.07) is 15.8. The van der Waals surface area contributed by atoms with Gasteiger partial charge in [-0.05, 0) is 30.5 Å². The predicted molar refractivity (Wildman–Crippen MR) is 98.3 cm³/mol. The van der Waals surface area contributed by atoms with E-state index in [2.05, 4.69) is 0 Å². The first-order chi connectivity index (χ1) is 11.7. The molecule has 0 saturated carbocycles. The summed E-state index contributed by atoms with van der Waals surface area (Å²) in [4.78, 5) is 0. The molecule has 0 aliphatic heterocycles. The highest BCUT2D eigenvalue weighted by Crippen LogP contribution is 2.27. The van der Waals surface area contributed by atoms with Crippen LogP contribution in [-0.2, 0) is 22.3 Å². The maximum atomic E-state index is 12.3. The summed E-state index contributed by atoms with van der Waals surface area (Å²) in [7, 11) is -3.52. The van der Waals surface area contributed by atoms with Gasteiger partial charge in [0.1, 0.15) is 5.72 Å². The van der Waals surface area contributed by atoms with Gasteiger partial charge in [0.25, 0.3) is 0 Å². The van der Waals surface area contributed by atoms with Crippen LogP contribution in [0.25, 0.3) is 0 Å². The van der Waals surface area contributed by atoms with Crippen LogP contribution >= 0.6 is 0 Å². The van der Waals surface area contributed by atoms with Crippen molar-refractivity contribution in [3.63, 3.8) is 0 Å². The Balaban J connectivity index is 2.37. The van der Waals surface area contributed by atoms with Crippen molar-refractivity contribution in [1.29, 1.82) is 0 Å². The van der Waals surface area contributed by atoms with Crippen LogP contribution in [0.15, 0.2) is 54.6 Å². The number of benzene rings is 2. The van der Waals surface area contributed by atoms with Gasteiger partial charge >= 0.3 is 0 Å². The molecule has 0 spiro atoms. The Bertz CT molecular complexity index is 792. The maximum absolute atomic E-state index is 12.3. The molecule has 25 heavy (non-hydrogen) atoms. The molecule has 6 nitrogen and oxygen atoms in total. The van der Waals surface area contributed by atoms with Crippen LogP contribution in [0.2, 0.25) is 0 Å². The standard InChI is InChI=1S/C18H24N2O4S/c1-25(23,24)20(14-15-7-3-2-4-8-15)17-10-5-9-16(13-17)18(19,22)11-6-12-21/h2-5,7-10,13,21-22H,6,11-12,14,19H2,1H3. The third-order valence-electron chi connectivity index (χ3n) is 3.92. The van der Waals surface area contributed by atoms with E-state index in [0.29, 0.717) is 17.7 Å². The molecule has 7 heteroatoms. The van der Waals surface area contributed by atoms with Crippen molar-refractivity contribution in [2.45, 2.75) is 25.1 Å². The Morgan fingerprint density at radius 2 is 1.80 bits per heavy atom. The number of anilines is 1. The molecule has 0 heterocycles. The van der Waals surface area contributed by atoms with E-state index in [0.717, 1.165) is 11.8 Å². The number of hydrogen-bond acceptors (Lipinski definition) is 5. The zero-order valence-electron chi connectivity index (χ0n) is 14.2. The molecule has 136 valence electrons. The fourth-order valence-electron chi connectivity index (χ4n) is 2.57. The molecule has 2 aromatic rings. The van der Waals surface area contributed by atoms with Crippen molar-refractivity contribution in [1.82, 2.24) is 0 Å². The fraction of sp³-hybridized carbons (Fsp3) is 0.333. The van der Waals surface area contributed by atoms with Gasteiger partial charge in [-0.2, -0.15) is 0 Å². The molecule has 1 unspecified atom stereocenters. The number of nitrogens with two attached hydrogens (primary N) is 1. The number of sulfonamides is 1. The molecule has 4 N–H and O–H groups in total. The van der Waals surface area contributed by atoms with Gasteiger partial charge in [-0.25, -0.2) is 8.42 Å². The molecule has 0 aliphatic carbocycles. The molecular formula is C18H24N2O4S. The van der Waals surface area contributed by atoms with Crippen LogP contribution in [0.5, 0.6) is 0 Å². The zero-order chi connectivity index (χ0) is 18.5. The van der Waals surface area contributed by atoms with Crippen molar-refractivity contribution < 1.29 is 18.6 Å². The van der Waals surface area contributed by atoms with Crippen LogP contribution in [0, 0.1) is 0 Å². The quantitative estimate of drug-likeness (QED) is 0.616. The highest BCUT2D eigenvalue weighted by atomic mass is 32.2. The Kier molecular flexibility index (Phi) is 6.18. The van der Waals surface area contributed by atoms with E-state index < -0.39 is 15.7 Å². The van der Waals surface area contributed by atoms with Crippen LogP contribution in [0.4, 0.5) is 5.69 Å². The van der Waals surface area contributed by atoms with Crippen LogP contribution in [0.3, 0.4) is 0 Å². The second-order valence-electron chi connectivity index (χ2n) is 6.06. The average Bonchev–Trinajstić information content (AvgIpc) is 2.58. The van der Waals surface area contributed by atoms with Gasteiger partial charge in [-0.3, -0.25) is 10.0 Å². The second kappa shape index (κ2) is 7.97. The molecule has 0 aromatic heterocycles. The van der Waals surface area contributed by atoms with Crippen molar-refractivity contribution in [3.05, 3.63) is 65.7 Å². The minimum atomic E-state index is -3.52. The Labute approximate surface area is 148 Å². The molecule has 0 aliphatic rings. The van der Waals surface area contributed by atoms with Gasteiger partial charge < -0.3 is 10.2 Å². The van der Waals surface area contributed by atoms with E-state index in [1.165, 1.54) is 4.31 Å². The lowest BCUT2D eigenvalue weighted by atomic mass is 9.98. The number of rotatable bonds is 8. The van der Waals surface area contributed by atoms with Crippen LogP contribution in [-0.4, -0.2) is 31.5 Å². The van der Waals surface area contributed by atoms with Gasteiger partial charge in [-0.1, -0.05) is 42.5 Å². The molecule has 1 atom stereocenters. The van der Waals surface area contributed by atoms with Gasteiger partial charge in [0.2, 0.25) is 10.0 Å². The summed E-state index contributed by atoms with van der Waals surface area (Å²) in [5.74, 6) is 0. The predicted octanol–water partition coefficient (Wildman–Crippen LogP) is 1.53. The highest BCUT2D eigenvalue weighted by molar-refractivity contribution is 7.92. The first-order valence-corrected chi connectivity index (χ1v) is 9.83. The lowest BCUT2D eigenvalue weighted by molar-refractivity contribution is 0.0274. The van der Waals surface area contributed by atoms with E-state index in [9.17, 15) is 13.5 Å². The first kappa shape index (κ1) is 19.4. The molecule has 0 radical (unpaired) electrons. The first-order valence-electron chi connectivity index (χ1n) is 7.98. The molecule has 0 bridgehead atoms. The summed E-state index contributed by atoms with van der Waals surface area (Å²) >= 11 is 0. The smallest absolute Gasteiger partial charge is 0.232 e. The average molecular weight is 364 g/mol. The highest BCUT2D eigenvalue weighted by Gasteiger charge is 2.25. The summed E-state index contributed by atoms with van der Waals surface area (Å²) in [5, 5.41) is 19.4. The normalized spacial score (nSPS) is 14.1. The third-order valence-corrected chi connectivity index (χ3v) is 5.06. The van der Waals surface area contributed by atoms with Crippen molar-refractivity contribution in [3.8, 4) is 0 Å². The van der Waals surface area contributed by atoms with E-state index >= 15 is 0 Å². The molecule has 2 rings (SSSR count). The molecular weight excluding hydrogens is 340 g/mol. The minimum Gasteiger partial charge on any atom is -0.396 e. The number of nitrogens with zero attached hydrogens (tertiary/aromatic N) is 1. The Morgan fingerprint density at radius 1 is 1.12 bits per heavy atom. The van der Waals surface area contributed by atoms with Crippen LogP contribution in [0.1, 0.15) is 24.0 Å². The second-order valence-corrected chi connectivity index (χ2v) is 7.96. The number of aliphatic hydroxyl groups excluding tert-OH is 1. The van der Waals surface area contributed by atoms with Gasteiger partial charge in [0.05, 0.1) is 18.5 Å². The Morgan fingerprint density at radius 3 is 2.40 bits per heavy atom. The van der Waals surface area contributed by atoms with Crippen molar-refractivity contribution in [2.75, 3.05) is 17.2 Å². The Hall–Kier alpha value is -1.93. The monoisotopic (exact) mass is 364 g/mol. The molecule has 0 fully saturated rings. The van der Waals surface area contributed by atoms with Crippen molar-refractivity contribution >= 4 is 15.7 Å². The zero-order valence-corrected chi connectivity index (χ0v) is 15.0. The summed E-state index contributed by atoms with van der Waals surface area (Å²) in [6.07, 6.45) is 1.66. The lowest BCUT2D eigenvalue weighted by Gasteiger charge is -2.27. The molecule has 0 saturated heterocycles. The van der Waals surface area contributed by atoms with E-state index in [1.807, 2.05) is 30.3 Å². The molecule has 0 amide bonds. The third kappa shape index (κ3) is 5.27. The van der Waals surface area contributed by atoms with Gasteiger partial charge in [0, 0.05) is 12.2 Å². The summed E-state index contributed by atoms with van der Waals surface area (Å²) < 4.78 is 25.8. The largest absolute Gasteiger partial charge is 0.396 e. The topological polar surface area (TPSA) is 104 Å². The number of aliphatic hydroxyl groups is 2. The van der Waals surface area contributed by atoms with Crippen molar-refractivity contribution in [2.24, 2.45) is 5.73 Å². The SMILES string of the molecule is CS(=O)(=O)N(Cc1ccccc1)c1cccc(C(N)(O)CCCO)c1. The van der Waals surface area contributed by atoms with Gasteiger partial charge in [0.15, 0.2) is 0 Å². The maximum Gasteiger partial charge on any atom is 0.232 e. The van der Waals surface area contributed by atoms with Gasteiger partial charge in [-0.15, -0.1) is 0 Å². The van der Waals surface area contributed by atoms with E-state index in [1.54, 1.807) is 24.3 Å². The van der Waals surface area contributed by atoms with E-state index in [-0.39, 0.29) is 19.6 Å². The molecule has 2 aromatic carbocycles. The summed E-state index contributed by atoms with van der Waals surface area (Å²) in [6.45, 7) is 0.103. The summed E-state index contributed by atoms with van der Waals surface area (Å²) in [5.41, 5.74) is 5.98. The number of hydrogen-bond donors (Lipinski definition) is 3.